The number of thioether (sulfide) groups is 1. The molecule has 2 aromatic rings. The molecule has 0 saturated heterocycles. The fourth-order valence-electron chi connectivity index (χ4n) is 2.32. The number of hydrogen-bond donors (Lipinski definition) is 1. The van der Waals surface area contributed by atoms with Crippen LogP contribution in [0.1, 0.15) is 36.4 Å². The average molecular weight is 337 g/mol. The molecule has 1 aliphatic carbocycles. The van der Waals surface area contributed by atoms with E-state index in [1.807, 2.05) is 24.7 Å². The predicted molar refractivity (Wildman–Crippen MR) is 88.4 cm³/mol. The van der Waals surface area contributed by atoms with E-state index in [1.54, 1.807) is 0 Å². The first-order valence-electron chi connectivity index (χ1n) is 7.31. The van der Waals surface area contributed by atoms with Gasteiger partial charge in [-0.2, -0.15) is 5.10 Å². The molecule has 1 N–H and O–H groups in total. The minimum atomic E-state index is -0.0364. The standard InChI is InChI=1S/C14H19N5OS2/c1-8-6-15-19(9(2)11-4-5-11)13(8)16-12(20)7-21-14-18-17-10(3)22-14/h6,9,11H,4-5,7H2,1-3H3,(H,16,20). The van der Waals surface area contributed by atoms with Gasteiger partial charge in [0, 0.05) is 5.56 Å². The van der Waals surface area contributed by atoms with Gasteiger partial charge in [-0.25, -0.2) is 4.68 Å². The number of amides is 1. The van der Waals surface area contributed by atoms with Crippen molar-refractivity contribution >= 4 is 34.8 Å². The van der Waals surface area contributed by atoms with Gasteiger partial charge in [0.1, 0.15) is 10.8 Å². The van der Waals surface area contributed by atoms with Gasteiger partial charge in [0.25, 0.3) is 0 Å². The lowest BCUT2D eigenvalue weighted by Gasteiger charge is -2.16. The van der Waals surface area contributed by atoms with E-state index in [9.17, 15) is 4.79 Å². The zero-order chi connectivity index (χ0) is 15.7. The Morgan fingerprint density at radius 2 is 2.27 bits per heavy atom. The minimum absolute atomic E-state index is 0.0364. The molecule has 1 fully saturated rings. The predicted octanol–water partition coefficient (Wildman–Crippen LogP) is 3.05. The lowest BCUT2D eigenvalue weighted by molar-refractivity contribution is -0.113. The lowest BCUT2D eigenvalue weighted by atomic mass is 10.2. The van der Waals surface area contributed by atoms with Crippen molar-refractivity contribution in [1.29, 1.82) is 0 Å². The molecule has 1 unspecified atom stereocenters. The van der Waals surface area contributed by atoms with Crippen molar-refractivity contribution in [3.8, 4) is 0 Å². The van der Waals surface area contributed by atoms with Crippen LogP contribution in [0.4, 0.5) is 5.82 Å². The largest absolute Gasteiger partial charge is 0.310 e. The number of nitrogens with zero attached hydrogens (tertiary/aromatic N) is 4. The Morgan fingerprint density at radius 1 is 1.50 bits per heavy atom. The van der Waals surface area contributed by atoms with Crippen LogP contribution in [-0.2, 0) is 4.79 Å². The number of aryl methyl sites for hydroxylation is 2. The van der Waals surface area contributed by atoms with E-state index in [4.69, 9.17) is 0 Å². The van der Waals surface area contributed by atoms with Gasteiger partial charge < -0.3 is 5.32 Å². The quantitative estimate of drug-likeness (QED) is 0.820. The highest BCUT2D eigenvalue weighted by Crippen LogP contribution is 2.40. The van der Waals surface area contributed by atoms with E-state index in [2.05, 4.69) is 27.5 Å². The second-order valence-corrected chi connectivity index (χ2v) is 8.03. The van der Waals surface area contributed by atoms with Gasteiger partial charge in [0.05, 0.1) is 18.0 Å². The fourth-order valence-corrected chi connectivity index (χ4v) is 3.94. The molecule has 118 valence electrons. The normalized spacial score (nSPS) is 15.8. The molecular weight excluding hydrogens is 318 g/mol. The summed E-state index contributed by atoms with van der Waals surface area (Å²) < 4.78 is 2.77. The molecule has 22 heavy (non-hydrogen) atoms. The van der Waals surface area contributed by atoms with Crippen molar-refractivity contribution in [2.45, 2.75) is 44.0 Å². The Labute approximate surface area is 137 Å². The van der Waals surface area contributed by atoms with Crippen molar-refractivity contribution < 1.29 is 4.79 Å². The topological polar surface area (TPSA) is 72.7 Å². The van der Waals surface area contributed by atoms with Gasteiger partial charge in [-0.15, -0.1) is 10.2 Å². The van der Waals surface area contributed by atoms with Crippen LogP contribution in [0.15, 0.2) is 10.5 Å². The van der Waals surface area contributed by atoms with Gasteiger partial charge >= 0.3 is 0 Å². The summed E-state index contributed by atoms with van der Waals surface area (Å²) in [6.45, 7) is 6.04. The van der Waals surface area contributed by atoms with E-state index in [-0.39, 0.29) is 5.91 Å². The third-order valence-electron chi connectivity index (χ3n) is 3.76. The molecule has 0 aromatic carbocycles. The smallest absolute Gasteiger partial charge is 0.235 e. The van der Waals surface area contributed by atoms with Crippen LogP contribution >= 0.6 is 23.1 Å². The van der Waals surface area contributed by atoms with Crippen LogP contribution in [0.2, 0.25) is 0 Å². The Kier molecular flexibility index (Phi) is 4.49. The molecule has 2 heterocycles. The van der Waals surface area contributed by atoms with Crippen LogP contribution in [0.5, 0.6) is 0 Å². The van der Waals surface area contributed by atoms with E-state index in [0.717, 1.165) is 20.7 Å². The van der Waals surface area contributed by atoms with E-state index in [1.165, 1.54) is 35.9 Å². The number of nitrogens with one attached hydrogen (secondary N) is 1. The second kappa shape index (κ2) is 6.37. The first-order chi connectivity index (χ1) is 10.5. The maximum absolute atomic E-state index is 12.2. The van der Waals surface area contributed by atoms with E-state index >= 15 is 0 Å². The van der Waals surface area contributed by atoms with Crippen molar-refractivity contribution in [2.24, 2.45) is 5.92 Å². The number of aromatic nitrogens is 4. The molecule has 6 nitrogen and oxygen atoms in total. The van der Waals surface area contributed by atoms with Gasteiger partial charge in [-0.05, 0) is 39.5 Å². The zero-order valence-corrected chi connectivity index (χ0v) is 14.5. The Balaban J connectivity index is 1.62. The van der Waals surface area contributed by atoms with Crippen molar-refractivity contribution in [3.63, 3.8) is 0 Å². The molecule has 2 aromatic heterocycles. The van der Waals surface area contributed by atoms with E-state index < -0.39 is 0 Å². The SMILES string of the molecule is Cc1nnc(SCC(=O)Nc2c(C)cnn2C(C)C2CC2)s1. The van der Waals surface area contributed by atoms with Crippen LogP contribution in [0.25, 0.3) is 0 Å². The maximum atomic E-state index is 12.2. The average Bonchev–Trinajstić information content (AvgIpc) is 3.17. The number of carbonyl (C=O) groups is 1. The van der Waals surface area contributed by atoms with Crippen molar-refractivity contribution in [1.82, 2.24) is 20.0 Å². The first kappa shape index (κ1) is 15.5. The number of anilines is 1. The summed E-state index contributed by atoms with van der Waals surface area (Å²) in [6.07, 6.45) is 4.31. The highest BCUT2D eigenvalue weighted by atomic mass is 32.2. The summed E-state index contributed by atoms with van der Waals surface area (Å²) in [5.41, 5.74) is 0.998. The molecule has 3 rings (SSSR count). The zero-order valence-electron chi connectivity index (χ0n) is 12.9. The van der Waals surface area contributed by atoms with Gasteiger partial charge in [-0.3, -0.25) is 4.79 Å². The molecular formula is C14H19N5OS2. The van der Waals surface area contributed by atoms with Crippen LogP contribution in [0.3, 0.4) is 0 Å². The molecule has 1 aliphatic rings. The molecule has 0 radical (unpaired) electrons. The number of hydrogen-bond acceptors (Lipinski definition) is 6. The summed E-state index contributed by atoms with van der Waals surface area (Å²) >= 11 is 2.92. The van der Waals surface area contributed by atoms with E-state index in [0.29, 0.717) is 17.7 Å². The highest BCUT2D eigenvalue weighted by Gasteiger charge is 2.31. The molecule has 0 spiro atoms. The van der Waals surface area contributed by atoms with Crippen molar-refractivity contribution in [3.05, 3.63) is 16.8 Å². The minimum Gasteiger partial charge on any atom is -0.310 e. The fraction of sp³-hybridized carbons (Fsp3) is 0.571. The maximum Gasteiger partial charge on any atom is 0.235 e. The van der Waals surface area contributed by atoms with Crippen LogP contribution < -0.4 is 5.32 Å². The molecule has 1 saturated carbocycles. The summed E-state index contributed by atoms with van der Waals surface area (Å²) in [7, 11) is 0. The monoisotopic (exact) mass is 337 g/mol. The Hall–Kier alpha value is -1.41. The molecule has 1 amide bonds. The summed E-state index contributed by atoms with van der Waals surface area (Å²) in [4.78, 5) is 12.2. The molecule has 0 aliphatic heterocycles. The lowest BCUT2D eigenvalue weighted by Crippen LogP contribution is -2.20. The van der Waals surface area contributed by atoms with Crippen molar-refractivity contribution in [2.75, 3.05) is 11.1 Å². The summed E-state index contributed by atoms with van der Waals surface area (Å²) in [6, 6.07) is 0.336. The molecule has 0 bridgehead atoms. The summed E-state index contributed by atoms with van der Waals surface area (Å²) in [5, 5.41) is 16.3. The number of rotatable bonds is 6. The van der Waals surface area contributed by atoms with Gasteiger partial charge in [0.15, 0.2) is 4.34 Å². The summed E-state index contributed by atoms with van der Waals surface area (Å²) in [5.74, 6) is 1.80. The Morgan fingerprint density at radius 3 is 2.91 bits per heavy atom. The van der Waals surface area contributed by atoms with Gasteiger partial charge in [0.2, 0.25) is 5.91 Å². The van der Waals surface area contributed by atoms with Gasteiger partial charge in [-0.1, -0.05) is 23.1 Å². The first-order valence-corrected chi connectivity index (χ1v) is 9.11. The van der Waals surface area contributed by atoms with Crippen LogP contribution in [0, 0.1) is 19.8 Å². The number of carbonyl (C=O) groups excluding carboxylic acids is 1. The molecule has 1 atom stereocenters. The second-order valence-electron chi connectivity index (χ2n) is 5.62. The molecule has 8 heteroatoms. The third kappa shape index (κ3) is 3.49. The third-order valence-corrected chi connectivity index (χ3v) is 5.73. The van der Waals surface area contributed by atoms with Crippen LogP contribution in [-0.4, -0.2) is 31.6 Å². The highest BCUT2D eigenvalue weighted by molar-refractivity contribution is 8.01. The Bertz CT molecular complexity index is 677.